The second kappa shape index (κ2) is 8.31. The predicted molar refractivity (Wildman–Crippen MR) is 118 cm³/mol. The monoisotopic (exact) mass is 486 g/mol. The number of H-pyrrole nitrogens is 1. The molecular weight excluding hydrogens is 468 g/mol. The van der Waals surface area contributed by atoms with E-state index in [1.54, 1.807) is 25.3 Å². The van der Waals surface area contributed by atoms with Gasteiger partial charge in [-0.15, -0.1) is 5.10 Å². The molecule has 3 unspecified atom stereocenters. The zero-order valence-corrected chi connectivity index (χ0v) is 18.6. The molecule has 0 saturated carbocycles. The van der Waals surface area contributed by atoms with Crippen LogP contribution < -0.4 is 16.1 Å². The van der Waals surface area contributed by atoms with Crippen LogP contribution in [0, 0.1) is 6.92 Å². The number of benzene rings is 1. The number of aromatic amines is 1. The summed E-state index contributed by atoms with van der Waals surface area (Å²) >= 11 is 5.95. The molecule has 1 amide bonds. The number of amides is 1. The van der Waals surface area contributed by atoms with Crippen molar-refractivity contribution >= 4 is 29.0 Å². The Labute approximate surface area is 196 Å². The van der Waals surface area contributed by atoms with Gasteiger partial charge in [-0.25, -0.2) is 9.48 Å². The normalized spacial score (nSPS) is 22.0. The molecule has 12 nitrogen and oxygen atoms in total. The lowest BCUT2D eigenvalue weighted by Gasteiger charge is -2.16. The standard InChI is InChI=1S/C21H19ClN6O6/c1-10-6-27(21(33)23-19(10)31)17-5-15(16(9-29)34-17)28-8-12(24-25-28)7-26-14-3-2-11(22)4-13(14)18(30)20(26)32/h2-4,6,8,15-17,29H,5,7,9H2,1H3,(H,23,31,33). The third kappa shape index (κ3) is 3.65. The molecule has 2 N–H and O–H groups in total. The number of aliphatic hydroxyl groups excluding tert-OH is 1. The number of hydrogen-bond acceptors (Lipinski definition) is 8. The van der Waals surface area contributed by atoms with Crippen molar-refractivity contribution in [3.63, 3.8) is 0 Å². The number of carbonyl (C=O) groups excluding carboxylic acids is 2. The van der Waals surface area contributed by atoms with Crippen molar-refractivity contribution in [2.75, 3.05) is 11.5 Å². The highest BCUT2D eigenvalue weighted by molar-refractivity contribution is 6.52. The van der Waals surface area contributed by atoms with E-state index in [-0.39, 0.29) is 25.1 Å². The van der Waals surface area contributed by atoms with Gasteiger partial charge in [0.25, 0.3) is 17.2 Å². The Morgan fingerprint density at radius 1 is 1.24 bits per heavy atom. The molecule has 0 aliphatic carbocycles. The first-order chi connectivity index (χ1) is 16.3. The average Bonchev–Trinajstić information content (AvgIpc) is 3.50. The van der Waals surface area contributed by atoms with Crippen molar-refractivity contribution in [3.05, 3.63) is 73.3 Å². The number of ether oxygens (including phenoxy) is 1. The number of halogens is 1. The zero-order chi connectivity index (χ0) is 24.1. The maximum Gasteiger partial charge on any atom is 0.330 e. The Morgan fingerprint density at radius 2 is 2.03 bits per heavy atom. The van der Waals surface area contributed by atoms with Crippen molar-refractivity contribution in [3.8, 4) is 0 Å². The topological polar surface area (TPSA) is 152 Å². The highest BCUT2D eigenvalue weighted by Crippen LogP contribution is 2.36. The lowest BCUT2D eigenvalue weighted by Crippen LogP contribution is -2.33. The van der Waals surface area contributed by atoms with Gasteiger partial charge < -0.3 is 9.84 Å². The molecule has 2 aliphatic heterocycles. The molecule has 176 valence electrons. The molecule has 4 heterocycles. The van der Waals surface area contributed by atoms with Crippen molar-refractivity contribution in [2.24, 2.45) is 0 Å². The van der Waals surface area contributed by atoms with E-state index in [0.29, 0.717) is 22.0 Å². The number of nitrogens with one attached hydrogen (secondary N) is 1. The van der Waals surface area contributed by atoms with E-state index in [2.05, 4.69) is 15.3 Å². The number of rotatable bonds is 5. The Morgan fingerprint density at radius 3 is 2.79 bits per heavy atom. The summed E-state index contributed by atoms with van der Waals surface area (Å²) in [6.07, 6.45) is 1.88. The minimum atomic E-state index is -0.729. The number of aliphatic hydroxyl groups is 1. The quantitative estimate of drug-likeness (QED) is 0.490. The third-order valence-electron chi connectivity index (χ3n) is 5.99. The third-order valence-corrected chi connectivity index (χ3v) is 6.23. The first kappa shape index (κ1) is 22.2. The van der Waals surface area contributed by atoms with Gasteiger partial charge in [0, 0.05) is 23.2 Å². The molecule has 2 aromatic heterocycles. The molecule has 3 atom stereocenters. The zero-order valence-electron chi connectivity index (χ0n) is 17.8. The number of nitrogens with zero attached hydrogens (tertiary/aromatic N) is 5. The van der Waals surface area contributed by atoms with Gasteiger partial charge >= 0.3 is 5.69 Å². The SMILES string of the molecule is Cc1cn(C2CC(n3cc(CN4C(=O)C(=O)c5cc(Cl)ccc54)nn3)C(CO)O2)c(=O)[nH]c1=O. The number of aryl methyl sites for hydroxylation is 1. The van der Waals surface area contributed by atoms with Gasteiger partial charge in [0.1, 0.15) is 18.0 Å². The molecule has 0 spiro atoms. The summed E-state index contributed by atoms with van der Waals surface area (Å²) in [4.78, 5) is 52.3. The second-order valence-corrected chi connectivity index (χ2v) is 8.60. The van der Waals surface area contributed by atoms with Crippen molar-refractivity contribution in [1.82, 2.24) is 24.5 Å². The van der Waals surface area contributed by atoms with Gasteiger partial charge in [0.15, 0.2) is 0 Å². The number of anilines is 1. The molecule has 2 aliphatic rings. The fraction of sp³-hybridized carbons (Fsp3) is 0.333. The van der Waals surface area contributed by atoms with Crippen LogP contribution in [0.15, 0.2) is 40.2 Å². The largest absolute Gasteiger partial charge is 0.394 e. The molecular formula is C21H19ClN6O6. The molecule has 13 heteroatoms. The first-order valence-corrected chi connectivity index (χ1v) is 10.8. The summed E-state index contributed by atoms with van der Waals surface area (Å²) in [5, 5.41) is 18.4. The van der Waals surface area contributed by atoms with Gasteiger partial charge in [-0.3, -0.25) is 28.8 Å². The fourth-order valence-electron chi connectivity index (χ4n) is 4.27. The van der Waals surface area contributed by atoms with E-state index in [1.807, 2.05) is 0 Å². The summed E-state index contributed by atoms with van der Waals surface area (Å²) in [6, 6.07) is 4.19. The van der Waals surface area contributed by atoms with Gasteiger partial charge in [-0.05, 0) is 25.1 Å². The van der Waals surface area contributed by atoms with Crippen molar-refractivity contribution in [1.29, 1.82) is 0 Å². The number of fused-ring (bicyclic) bond motifs is 1. The van der Waals surface area contributed by atoms with Crippen LogP contribution in [0.5, 0.6) is 0 Å². The fourth-order valence-corrected chi connectivity index (χ4v) is 4.44. The summed E-state index contributed by atoms with van der Waals surface area (Å²) in [5.74, 6) is -1.32. The van der Waals surface area contributed by atoms with Crippen LogP contribution >= 0.6 is 11.6 Å². The van der Waals surface area contributed by atoms with Gasteiger partial charge in [-0.2, -0.15) is 0 Å². The van der Waals surface area contributed by atoms with Crippen LogP contribution in [0.2, 0.25) is 5.02 Å². The maximum absolute atomic E-state index is 12.5. The van der Waals surface area contributed by atoms with Gasteiger partial charge in [-0.1, -0.05) is 16.8 Å². The van der Waals surface area contributed by atoms with E-state index < -0.39 is 41.3 Å². The Balaban J connectivity index is 1.38. The van der Waals surface area contributed by atoms with E-state index >= 15 is 0 Å². The number of hydrogen-bond donors (Lipinski definition) is 2. The number of ketones is 1. The summed E-state index contributed by atoms with van der Waals surface area (Å²) < 4.78 is 8.63. The second-order valence-electron chi connectivity index (χ2n) is 8.17. The van der Waals surface area contributed by atoms with Gasteiger partial charge in [0.2, 0.25) is 0 Å². The maximum atomic E-state index is 12.5. The number of Topliss-reactive ketones (excluding diaryl/α,β-unsaturated/α-hetero) is 1. The van der Waals surface area contributed by atoms with Crippen molar-refractivity contribution in [2.45, 2.75) is 38.3 Å². The minimum Gasteiger partial charge on any atom is -0.394 e. The molecule has 34 heavy (non-hydrogen) atoms. The molecule has 1 fully saturated rings. The molecule has 0 bridgehead atoms. The molecule has 3 aromatic rings. The average molecular weight is 487 g/mol. The minimum absolute atomic E-state index is 0.0125. The first-order valence-electron chi connectivity index (χ1n) is 10.4. The highest BCUT2D eigenvalue weighted by Gasteiger charge is 2.39. The summed E-state index contributed by atoms with van der Waals surface area (Å²) in [6.45, 7) is 1.25. The van der Waals surface area contributed by atoms with E-state index in [4.69, 9.17) is 16.3 Å². The lowest BCUT2D eigenvalue weighted by molar-refractivity contribution is -0.114. The lowest BCUT2D eigenvalue weighted by atomic mass is 10.1. The van der Waals surface area contributed by atoms with E-state index in [1.165, 1.54) is 26.4 Å². The van der Waals surface area contributed by atoms with Crippen LogP contribution in [0.25, 0.3) is 0 Å². The summed E-state index contributed by atoms with van der Waals surface area (Å²) in [5.41, 5.74) is 0.350. The van der Waals surface area contributed by atoms with E-state index in [9.17, 15) is 24.3 Å². The molecule has 5 rings (SSSR count). The van der Waals surface area contributed by atoms with Crippen LogP contribution in [-0.4, -0.2) is 54.1 Å². The van der Waals surface area contributed by atoms with Crippen LogP contribution in [0.4, 0.5) is 5.69 Å². The molecule has 0 radical (unpaired) electrons. The molecule has 1 saturated heterocycles. The predicted octanol–water partition coefficient (Wildman–Crippen LogP) is 0.341. The van der Waals surface area contributed by atoms with Gasteiger partial charge in [0.05, 0.1) is 36.6 Å². The van der Waals surface area contributed by atoms with Crippen LogP contribution in [0.1, 0.15) is 40.3 Å². The van der Waals surface area contributed by atoms with Crippen molar-refractivity contribution < 1.29 is 19.4 Å². The van der Waals surface area contributed by atoms with Crippen LogP contribution in [-0.2, 0) is 16.1 Å². The highest BCUT2D eigenvalue weighted by atomic mass is 35.5. The van der Waals surface area contributed by atoms with Crippen LogP contribution in [0.3, 0.4) is 0 Å². The number of aromatic nitrogens is 5. The Kier molecular flexibility index (Phi) is 5.42. The van der Waals surface area contributed by atoms with E-state index in [0.717, 1.165) is 0 Å². The molecule has 1 aromatic carbocycles. The number of carbonyl (C=O) groups is 2. The smallest absolute Gasteiger partial charge is 0.330 e. The Hall–Kier alpha value is -3.61. The summed E-state index contributed by atoms with van der Waals surface area (Å²) in [7, 11) is 0. The Bertz CT molecular complexity index is 1430.